The van der Waals surface area contributed by atoms with Crippen LogP contribution in [0.15, 0.2) is 60.7 Å². The number of benzene rings is 2. The van der Waals surface area contributed by atoms with Gasteiger partial charge in [0.25, 0.3) is 5.91 Å². The van der Waals surface area contributed by atoms with Gasteiger partial charge in [-0.1, -0.05) is 48.5 Å². The predicted octanol–water partition coefficient (Wildman–Crippen LogP) is 2.66. The minimum Gasteiger partial charge on any atom is -0.479 e. The van der Waals surface area contributed by atoms with Crippen LogP contribution in [-0.4, -0.2) is 42.9 Å². The standard InChI is InChI=1S/C20H23NO5/c1-2-25-13-14-26-18(20(23)24)17(15-9-5-3-6-10-15)21-19(22)16-11-7-4-8-12-16/h3-12,17-18H,2,13-14H2,1H3,(H,21,22)(H,23,24)/t17-,18?/m1/s1. The fraction of sp³-hybridized carbons (Fsp3) is 0.300. The summed E-state index contributed by atoms with van der Waals surface area (Å²) >= 11 is 0. The Labute approximate surface area is 152 Å². The highest BCUT2D eigenvalue weighted by Gasteiger charge is 2.32. The molecule has 0 radical (unpaired) electrons. The number of hydrogen-bond donors (Lipinski definition) is 2. The molecule has 6 nitrogen and oxygen atoms in total. The zero-order chi connectivity index (χ0) is 18.8. The molecule has 138 valence electrons. The van der Waals surface area contributed by atoms with Gasteiger partial charge in [-0.05, 0) is 24.6 Å². The van der Waals surface area contributed by atoms with E-state index in [1.54, 1.807) is 48.5 Å². The second-order valence-electron chi connectivity index (χ2n) is 5.55. The van der Waals surface area contributed by atoms with E-state index in [2.05, 4.69) is 5.32 Å². The zero-order valence-electron chi connectivity index (χ0n) is 14.6. The maximum atomic E-state index is 12.5. The van der Waals surface area contributed by atoms with Crippen LogP contribution in [0, 0.1) is 0 Å². The molecular formula is C20H23NO5. The van der Waals surface area contributed by atoms with Crippen molar-refractivity contribution < 1.29 is 24.2 Å². The molecule has 0 aliphatic carbocycles. The van der Waals surface area contributed by atoms with Gasteiger partial charge in [-0.25, -0.2) is 4.79 Å². The zero-order valence-corrected chi connectivity index (χ0v) is 14.6. The molecule has 0 saturated carbocycles. The van der Waals surface area contributed by atoms with Crippen molar-refractivity contribution in [2.75, 3.05) is 19.8 Å². The predicted molar refractivity (Wildman–Crippen MR) is 97.0 cm³/mol. The van der Waals surface area contributed by atoms with Crippen LogP contribution in [0.2, 0.25) is 0 Å². The highest BCUT2D eigenvalue weighted by Crippen LogP contribution is 2.21. The average molecular weight is 357 g/mol. The highest BCUT2D eigenvalue weighted by molar-refractivity contribution is 5.94. The number of carboxylic acid groups (broad SMARTS) is 1. The third-order valence-electron chi connectivity index (χ3n) is 3.76. The smallest absolute Gasteiger partial charge is 0.335 e. The van der Waals surface area contributed by atoms with Crippen molar-refractivity contribution in [2.45, 2.75) is 19.1 Å². The summed E-state index contributed by atoms with van der Waals surface area (Å²) in [6, 6.07) is 16.7. The molecular weight excluding hydrogens is 334 g/mol. The van der Waals surface area contributed by atoms with Crippen molar-refractivity contribution in [3.63, 3.8) is 0 Å². The molecule has 6 heteroatoms. The molecule has 1 unspecified atom stereocenters. The van der Waals surface area contributed by atoms with E-state index in [4.69, 9.17) is 9.47 Å². The molecule has 0 spiro atoms. The Kier molecular flexibility index (Phi) is 7.79. The summed E-state index contributed by atoms with van der Waals surface area (Å²) in [5.41, 5.74) is 1.10. The van der Waals surface area contributed by atoms with Gasteiger partial charge in [-0.2, -0.15) is 0 Å². The first-order valence-corrected chi connectivity index (χ1v) is 8.46. The Hall–Kier alpha value is -2.70. The lowest BCUT2D eigenvalue weighted by Crippen LogP contribution is -2.42. The molecule has 0 aromatic heterocycles. The van der Waals surface area contributed by atoms with Crippen LogP contribution in [0.25, 0.3) is 0 Å². The van der Waals surface area contributed by atoms with E-state index in [0.717, 1.165) is 0 Å². The fourth-order valence-electron chi connectivity index (χ4n) is 2.50. The highest BCUT2D eigenvalue weighted by atomic mass is 16.5. The second-order valence-corrected chi connectivity index (χ2v) is 5.55. The Morgan fingerprint density at radius 3 is 2.19 bits per heavy atom. The van der Waals surface area contributed by atoms with Gasteiger partial charge >= 0.3 is 5.97 Å². The first-order valence-electron chi connectivity index (χ1n) is 8.46. The van der Waals surface area contributed by atoms with Gasteiger partial charge in [0.1, 0.15) is 0 Å². The van der Waals surface area contributed by atoms with Gasteiger partial charge in [0, 0.05) is 12.2 Å². The first-order chi connectivity index (χ1) is 12.6. The van der Waals surface area contributed by atoms with Crippen molar-refractivity contribution in [2.24, 2.45) is 0 Å². The van der Waals surface area contributed by atoms with Crippen LogP contribution in [-0.2, 0) is 14.3 Å². The van der Waals surface area contributed by atoms with Crippen LogP contribution < -0.4 is 5.32 Å². The molecule has 0 bridgehead atoms. The third-order valence-corrected chi connectivity index (χ3v) is 3.76. The molecule has 0 heterocycles. The monoisotopic (exact) mass is 357 g/mol. The molecule has 0 fully saturated rings. The second kappa shape index (κ2) is 10.3. The van der Waals surface area contributed by atoms with Gasteiger partial charge in [0.2, 0.25) is 0 Å². The molecule has 0 aliphatic rings. The molecule has 2 aromatic rings. The summed E-state index contributed by atoms with van der Waals surface area (Å²) in [5, 5.41) is 12.4. The molecule has 2 aromatic carbocycles. The number of carbonyl (C=O) groups excluding carboxylic acids is 1. The SMILES string of the molecule is CCOCCOC(C(=O)O)[C@H](NC(=O)c1ccccc1)c1ccccc1. The van der Waals surface area contributed by atoms with Crippen molar-refractivity contribution >= 4 is 11.9 Å². The van der Waals surface area contributed by atoms with Gasteiger partial charge in [0.15, 0.2) is 6.10 Å². The average Bonchev–Trinajstić information content (AvgIpc) is 2.67. The number of carboxylic acids is 1. The number of amides is 1. The number of hydrogen-bond acceptors (Lipinski definition) is 4. The summed E-state index contributed by atoms with van der Waals surface area (Å²) in [4.78, 5) is 24.3. The first kappa shape index (κ1) is 19.6. The van der Waals surface area contributed by atoms with E-state index in [-0.39, 0.29) is 19.1 Å². The number of nitrogens with one attached hydrogen (secondary N) is 1. The van der Waals surface area contributed by atoms with Crippen LogP contribution in [0.5, 0.6) is 0 Å². The lowest BCUT2D eigenvalue weighted by atomic mass is 10.0. The van der Waals surface area contributed by atoms with Crippen LogP contribution in [0.1, 0.15) is 28.9 Å². The minimum atomic E-state index is -1.23. The lowest BCUT2D eigenvalue weighted by Gasteiger charge is -2.26. The number of ether oxygens (including phenoxy) is 2. The van der Waals surface area contributed by atoms with Crippen LogP contribution in [0.4, 0.5) is 0 Å². The Bertz CT molecular complexity index is 690. The van der Waals surface area contributed by atoms with Gasteiger partial charge in [-0.3, -0.25) is 4.79 Å². The van der Waals surface area contributed by atoms with E-state index in [1.165, 1.54) is 0 Å². The van der Waals surface area contributed by atoms with Crippen molar-refractivity contribution in [3.8, 4) is 0 Å². The Morgan fingerprint density at radius 1 is 1.00 bits per heavy atom. The van der Waals surface area contributed by atoms with E-state index in [1.807, 2.05) is 19.1 Å². The maximum Gasteiger partial charge on any atom is 0.335 e. The van der Waals surface area contributed by atoms with E-state index < -0.39 is 18.1 Å². The van der Waals surface area contributed by atoms with Crippen molar-refractivity contribution in [1.29, 1.82) is 0 Å². The summed E-state index contributed by atoms with van der Waals surface area (Å²) in [7, 11) is 0. The third kappa shape index (κ3) is 5.68. The molecule has 1 amide bonds. The Balaban J connectivity index is 2.21. The minimum absolute atomic E-state index is 0.120. The van der Waals surface area contributed by atoms with Crippen LogP contribution in [0.3, 0.4) is 0 Å². The molecule has 0 saturated heterocycles. The normalized spacial score (nSPS) is 13.0. The fourth-order valence-corrected chi connectivity index (χ4v) is 2.50. The maximum absolute atomic E-state index is 12.5. The summed E-state index contributed by atoms with van der Waals surface area (Å²) in [6.45, 7) is 2.78. The largest absolute Gasteiger partial charge is 0.479 e. The van der Waals surface area contributed by atoms with Gasteiger partial charge in [-0.15, -0.1) is 0 Å². The number of rotatable bonds is 10. The van der Waals surface area contributed by atoms with Crippen molar-refractivity contribution in [1.82, 2.24) is 5.32 Å². The molecule has 2 atom stereocenters. The van der Waals surface area contributed by atoms with Gasteiger partial charge < -0.3 is 19.9 Å². The van der Waals surface area contributed by atoms with Gasteiger partial charge in [0.05, 0.1) is 19.3 Å². The summed E-state index contributed by atoms with van der Waals surface area (Å²) in [5.74, 6) is -1.51. The molecule has 2 N–H and O–H groups in total. The molecule has 26 heavy (non-hydrogen) atoms. The van der Waals surface area contributed by atoms with Crippen molar-refractivity contribution in [3.05, 3.63) is 71.8 Å². The van der Waals surface area contributed by atoms with E-state index in [9.17, 15) is 14.7 Å². The summed E-state index contributed by atoms with van der Waals surface area (Å²) in [6.07, 6.45) is -1.23. The number of aliphatic carboxylic acids is 1. The van der Waals surface area contributed by atoms with E-state index >= 15 is 0 Å². The quantitative estimate of drug-likeness (QED) is 0.639. The molecule has 2 rings (SSSR count). The molecule has 0 aliphatic heterocycles. The Morgan fingerprint density at radius 2 is 1.62 bits per heavy atom. The van der Waals surface area contributed by atoms with Crippen LogP contribution >= 0.6 is 0 Å². The van der Waals surface area contributed by atoms with E-state index in [0.29, 0.717) is 17.7 Å². The summed E-state index contributed by atoms with van der Waals surface area (Å²) < 4.78 is 10.7. The lowest BCUT2D eigenvalue weighted by molar-refractivity contribution is -0.153. The number of carbonyl (C=O) groups is 2. The topological polar surface area (TPSA) is 84.9 Å².